The highest BCUT2D eigenvalue weighted by Crippen LogP contribution is 2.31. The molecule has 0 unspecified atom stereocenters. The monoisotopic (exact) mass is 304 g/mol. The zero-order valence-corrected chi connectivity index (χ0v) is 13.3. The van der Waals surface area contributed by atoms with Crippen molar-refractivity contribution < 1.29 is 5.11 Å². The molecular formula is C14H22Cl2N2O. The van der Waals surface area contributed by atoms with Gasteiger partial charge in [0.05, 0.1) is 5.02 Å². The van der Waals surface area contributed by atoms with Crippen molar-refractivity contribution in [2.24, 2.45) is 0 Å². The van der Waals surface area contributed by atoms with Gasteiger partial charge in [0.2, 0.25) is 0 Å². The van der Waals surface area contributed by atoms with Crippen molar-refractivity contribution in [1.29, 1.82) is 0 Å². The van der Waals surface area contributed by atoms with E-state index in [1.807, 2.05) is 0 Å². The molecule has 108 valence electrons. The maximum Gasteiger partial charge on any atom is 0.138 e. The minimum atomic E-state index is 0.136. The van der Waals surface area contributed by atoms with Gasteiger partial charge in [0, 0.05) is 17.1 Å². The molecule has 0 fully saturated rings. The Morgan fingerprint density at radius 2 is 1.84 bits per heavy atom. The second-order valence-electron chi connectivity index (χ2n) is 4.92. The molecule has 1 rings (SSSR count). The highest BCUT2D eigenvalue weighted by Gasteiger charge is 2.11. The fraction of sp³-hybridized carbons (Fsp3) is 0.571. The van der Waals surface area contributed by atoms with E-state index in [0.717, 1.165) is 31.6 Å². The average Bonchev–Trinajstić information content (AvgIpc) is 2.33. The Balaban J connectivity index is 2.65. The first-order valence-corrected chi connectivity index (χ1v) is 7.23. The molecule has 1 aromatic rings. The van der Waals surface area contributed by atoms with E-state index in [0.29, 0.717) is 16.6 Å². The van der Waals surface area contributed by atoms with Gasteiger partial charge in [-0.1, -0.05) is 30.1 Å². The molecule has 3 nitrogen and oxygen atoms in total. The van der Waals surface area contributed by atoms with Crippen LogP contribution in [0.2, 0.25) is 10.0 Å². The lowest BCUT2D eigenvalue weighted by Gasteiger charge is -2.22. The third kappa shape index (κ3) is 5.57. The molecular weight excluding hydrogens is 283 g/mol. The number of rotatable bonds is 7. The number of benzene rings is 1. The quantitative estimate of drug-likeness (QED) is 0.835. The summed E-state index contributed by atoms with van der Waals surface area (Å²) in [5, 5.41) is 10.8. The maximum atomic E-state index is 9.95. The molecule has 0 bridgehead atoms. The van der Waals surface area contributed by atoms with Gasteiger partial charge in [-0.05, 0) is 52.3 Å². The van der Waals surface area contributed by atoms with Gasteiger partial charge in [-0.15, -0.1) is 0 Å². The molecule has 0 saturated carbocycles. The van der Waals surface area contributed by atoms with Crippen molar-refractivity contribution in [3.05, 3.63) is 27.7 Å². The molecule has 0 spiro atoms. The lowest BCUT2D eigenvalue weighted by molar-refractivity contribution is 0.256. The van der Waals surface area contributed by atoms with Crippen LogP contribution in [0.5, 0.6) is 5.75 Å². The second-order valence-corrected chi connectivity index (χ2v) is 5.76. The summed E-state index contributed by atoms with van der Waals surface area (Å²) in [7, 11) is 4.14. The maximum absolute atomic E-state index is 9.95. The first-order chi connectivity index (χ1) is 8.93. The summed E-state index contributed by atoms with van der Waals surface area (Å²) in [6.07, 6.45) is 1.09. The number of hydrogen-bond acceptors (Lipinski definition) is 3. The fourth-order valence-electron chi connectivity index (χ4n) is 1.94. The summed E-state index contributed by atoms with van der Waals surface area (Å²) in [6, 6.07) is 3.33. The zero-order valence-electron chi connectivity index (χ0n) is 11.8. The zero-order chi connectivity index (χ0) is 14.4. The minimum absolute atomic E-state index is 0.136. The molecule has 0 radical (unpaired) electrons. The molecule has 0 heterocycles. The summed E-state index contributed by atoms with van der Waals surface area (Å²) in [5.41, 5.74) is 0.782. The van der Waals surface area contributed by atoms with E-state index in [2.05, 4.69) is 30.8 Å². The molecule has 1 N–H and O–H groups in total. The number of nitrogens with zero attached hydrogens (tertiary/aromatic N) is 2. The van der Waals surface area contributed by atoms with Crippen LogP contribution >= 0.6 is 23.2 Å². The Labute approximate surface area is 125 Å². The van der Waals surface area contributed by atoms with Crippen molar-refractivity contribution in [3.8, 4) is 5.75 Å². The van der Waals surface area contributed by atoms with Crippen LogP contribution in [0.4, 0.5) is 0 Å². The molecule has 0 amide bonds. The Kier molecular flexibility index (Phi) is 6.94. The van der Waals surface area contributed by atoms with Crippen LogP contribution in [0.1, 0.15) is 18.9 Å². The minimum Gasteiger partial charge on any atom is -0.506 e. The van der Waals surface area contributed by atoms with Gasteiger partial charge in [0.25, 0.3) is 0 Å². The lowest BCUT2D eigenvalue weighted by Crippen LogP contribution is -2.27. The molecule has 0 aliphatic carbocycles. The summed E-state index contributed by atoms with van der Waals surface area (Å²) < 4.78 is 0. The Morgan fingerprint density at radius 1 is 1.16 bits per heavy atom. The summed E-state index contributed by atoms with van der Waals surface area (Å²) in [4.78, 5) is 4.44. The molecule has 5 heteroatoms. The highest BCUT2D eigenvalue weighted by molar-refractivity contribution is 6.35. The van der Waals surface area contributed by atoms with E-state index in [-0.39, 0.29) is 5.75 Å². The van der Waals surface area contributed by atoms with Crippen molar-refractivity contribution in [2.75, 3.05) is 33.7 Å². The number of phenols is 1. The molecule has 19 heavy (non-hydrogen) atoms. The van der Waals surface area contributed by atoms with Gasteiger partial charge >= 0.3 is 0 Å². The topological polar surface area (TPSA) is 26.7 Å². The number of aromatic hydroxyl groups is 1. The van der Waals surface area contributed by atoms with Crippen LogP contribution < -0.4 is 0 Å². The van der Waals surface area contributed by atoms with Gasteiger partial charge in [-0.25, -0.2) is 0 Å². The van der Waals surface area contributed by atoms with E-state index < -0.39 is 0 Å². The average molecular weight is 305 g/mol. The van der Waals surface area contributed by atoms with Gasteiger partial charge in [0.1, 0.15) is 5.75 Å². The summed E-state index contributed by atoms with van der Waals surface area (Å²) >= 11 is 11.9. The van der Waals surface area contributed by atoms with Crippen LogP contribution in [0.25, 0.3) is 0 Å². The Bertz CT molecular complexity index is 411. The van der Waals surface area contributed by atoms with Crippen LogP contribution in [0, 0.1) is 0 Å². The number of halogens is 2. The van der Waals surface area contributed by atoms with E-state index in [4.69, 9.17) is 23.2 Å². The SMILES string of the molecule is CCN(CCCN(C)C)Cc1cc(Cl)cc(Cl)c1O. The van der Waals surface area contributed by atoms with Crippen LogP contribution in [-0.2, 0) is 6.54 Å². The second kappa shape index (κ2) is 7.95. The van der Waals surface area contributed by atoms with Gasteiger partial charge < -0.3 is 10.0 Å². The summed E-state index contributed by atoms with van der Waals surface area (Å²) in [5.74, 6) is 0.136. The molecule has 0 aromatic heterocycles. The largest absolute Gasteiger partial charge is 0.506 e. The molecule has 0 aliphatic heterocycles. The summed E-state index contributed by atoms with van der Waals surface area (Å²) in [6.45, 7) is 5.74. The van der Waals surface area contributed by atoms with E-state index in [1.54, 1.807) is 12.1 Å². The Hall–Kier alpha value is -0.480. The van der Waals surface area contributed by atoms with Gasteiger partial charge in [-0.3, -0.25) is 4.90 Å². The predicted molar refractivity (Wildman–Crippen MR) is 82.2 cm³/mol. The fourth-order valence-corrected chi connectivity index (χ4v) is 2.48. The van der Waals surface area contributed by atoms with Crippen LogP contribution in [-0.4, -0.2) is 48.6 Å². The van der Waals surface area contributed by atoms with Crippen molar-refractivity contribution in [2.45, 2.75) is 19.9 Å². The van der Waals surface area contributed by atoms with Gasteiger partial charge in [-0.2, -0.15) is 0 Å². The highest BCUT2D eigenvalue weighted by atomic mass is 35.5. The molecule has 1 aromatic carbocycles. The van der Waals surface area contributed by atoms with Gasteiger partial charge in [0.15, 0.2) is 0 Å². The normalized spacial score (nSPS) is 11.5. The first kappa shape index (κ1) is 16.6. The molecule has 0 aliphatic rings. The smallest absolute Gasteiger partial charge is 0.138 e. The number of phenolic OH excluding ortho intramolecular Hbond substituents is 1. The van der Waals surface area contributed by atoms with Crippen molar-refractivity contribution in [3.63, 3.8) is 0 Å². The third-order valence-corrected chi connectivity index (χ3v) is 3.53. The van der Waals surface area contributed by atoms with Crippen molar-refractivity contribution in [1.82, 2.24) is 9.80 Å². The van der Waals surface area contributed by atoms with E-state index in [1.165, 1.54) is 0 Å². The first-order valence-electron chi connectivity index (χ1n) is 6.48. The molecule has 0 atom stereocenters. The molecule has 0 saturated heterocycles. The Morgan fingerprint density at radius 3 is 2.42 bits per heavy atom. The van der Waals surface area contributed by atoms with E-state index >= 15 is 0 Å². The lowest BCUT2D eigenvalue weighted by atomic mass is 10.2. The number of hydrogen-bond donors (Lipinski definition) is 1. The predicted octanol–water partition coefficient (Wildman–Crippen LogP) is 3.47. The standard InChI is InChI=1S/C14H22Cl2N2O/c1-4-18(7-5-6-17(2)3)10-11-8-12(15)9-13(16)14(11)19/h8-9,19H,4-7,10H2,1-3H3. The van der Waals surface area contributed by atoms with Crippen LogP contribution in [0.15, 0.2) is 12.1 Å². The van der Waals surface area contributed by atoms with Crippen LogP contribution in [0.3, 0.4) is 0 Å². The van der Waals surface area contributed by atoms with E-state index in [9.17, 15) is 5.11 Å². The van der Waals surface area contributed by atoms with Crippen molar-refractivity contribution >= 4 is 23.2 Å². The third-order valence-electron chi connectivity index (χ3n) is 3.03.